The van der Waals surface area contributed by atoms with Gasteiger partial charge in [0.25, 0.3) is 5.91 Å². The smallest absolute Gasteiger partial charge is 0.261 e. The van der Waals surface area contributed by atoms with E-state index in [1.54, 1.807) is 24.3 Å². The number of halogens is 1. The topological polar surface area (TPSA) is 75.6 Å². The molecule has 0 saturated carbocycles. The molecule has 1 atom stereocenters. The normalized spacial score (nSPS) is 19.2. The standard InChI is InChI=1S/C17H14FNO4/c1-23-15-8-10(18)6-7-11(15)14(20)9-17(22)12-4-2-3-5-13(12)19-16(17)21/h2-8,22H,9H2,1H3,(H,19,21). The van der Waals surface area contributed by atoms with Gasteiger partial charge in [-0.05, 0) is 18.2 Å². The van der Waals surface area contributed by atoms with Gasteiger partial charge >= 0.3 is 0 Å². The van der Waals surface area contributed by atoms with Gasteiger partial charge in [0.1, 0.15) is 11.6 Å². The highest BCUT2D eigenvalue weighted by molar-refractivity contribution is 6.09. The van der Waals surface area contributed by atoms with Crippen molar-refractivity contribution in [3.05, 3.63) is 59.4 Å². The predicted molar refractivity (Wildman–Crippen MR) is 80.9 cm³/mol. The molecule has 1 aliphatic heterocycles. The summed E-state index contributed by atoms with van der Waals surface area (Å²) < 4.78 is 18.2. The Morgan fingerprint density at radius 3 is 2.78 bits per heavy atom. The molecular formula is C17H14FNO4. The molecule has 5 nitrogen and oxygen atoms in total. The zero-order valence-corrected chi connectivity index (χ0v) is 12.3. The van der Waals surface area contributed by atoms with Gasteiger partial charge in [0.2, 0.25) is 0 Å². The predicted octanol–water partition coefficient (Wildman–Crippen LogP) is 2.25. The van der Waals surface area contributed by atoms with Gasteiger partial charge in [-0.2, -0.15) is 0 Å². The first-order chi connectivity index (χ1) is 11.0. The lowest BCUT2D eigenvalue weighted by Gasteiger charge is -2.20. The van der Waals surface area contributed by atoms with Crippen LogP contribution in [-0.2, 0) is 10.4 Å². The van der Waals surface area contributed by atoms with Crippen LogP contribution in [0.1, 0.15) is 22.3 Å². The highest BCUT2D eigenvalue weighted by Gasteiger charge is 2.46. The van der Waals surface area contributed by atoms with Crippen LogP contribution in [0.25, 0.3) is 0 Å². The molecule has 1 unspecified atom stereocenters. The minimum Gasteiger partial charge on any atom is -0.496 e. The summed E-state index contributed by atoms with van der Waals surface area (Å²) >= 11 is 0. The zero-order valence-electron chi connectivity index (χ0n) is 12.3. The molecule has 0 saturated heterocycles. The summed E-state index contributed by atoms with van der Waals surface area (Å²) in [5, 5.41) is 13.3. The first kappa shape index (κ1) is 15.2. The number of methoxy groups -OCH3 is 1. The molecule has 0 spiro atoms. The Morgan fingerprint density at radius 2 is 2.04 bits per heavy atom. The monoisotopic (exact) mass is 315 g/mol. The molecule has 0 fully saturated rings. The number of benzene rings is 2. The summed E-state index contributed by atoms with van der Waals surface area (Å²) in [4.78, 5) is 24.6. The van der Waals surface area contributed by atoms with Gasteiger partial charge < -0.3 is 15.2 Å². The second kappa shape index (κ2) is 5.48. The molecule has 1 amide bonds. The number of ether oxygens (including phenoxy) is 1. The summed E-state index contributed by atoms with van der Waals surface area (Å²) in [6, 6.07) is 10.1. The third-order valence-corrected chi connectivity index (χ3v) is 3.88. The summed E-state index contributed by atoms with van der Waals surface area (Å²) in [7, 11) is 1.32. The third-order valence-electron chi connectivity index (χ3n) is 3.88. The first-order valence-corrected chi connectivity index (χ1v) is 6.96. The second-order valence-corrected chi connectivity index (χ2v) is 5.30. The van der Waals surface area contributed by atoms with Gasteiger partial charge in [0.15, 0.2) is 11.4 Å². The largest absolute Gasteiger partial charge is 0.496 e. The van der Waals surface area contributed by atoms with Gasteiger partial charge in [-0.15, -0.1) is 0 Å². The van der Waals surface area contributed by atoms with Gasteiger partial charge in [-0.25, -0.2) is 4.39 Å². The molecule has 2 aromatic rings. The Labute approximate surface area is 131 Å². The number of carbonyl (C=O) groups is 2. The number of ketones is 1. The minimum absolute atomic E-state index is 0.0605. The molecule has 0 aromatic heterocycles. The van der Waals surface area contributed by atoms with Crippen molar-refractivity contribution in [3.63, 3.8) is 0 Å². The molecule has 3 rings (SSSR count). The Bertz CT molecular complexity index is 805. The minimum atomic E-state index is -1.95. The number of aliphatic hydroxyl groups is 1. The molecule has 1 aliphatic rings. The Hall–Kier alpha value is -2.73. The fourth-order valence-corrected chi connectivity index (χ4v) is 2.70. The second-order valence-electron chi connectivity index (χ2n) is 5.30. The van der Waals surface area contributed by atoms with Crippen LogP contribution in [0, 0.1) is 5.82 Å². The summed E-state index contributed by atoms with van der Waals surface area (Å²) in [5.74, 6) is -1.66. The summed E-state index contributed by atoms with van der Waals surface area (Å²) in [6.07, 6.45) is -0.460. The molecule has 0 bridgehead atoms. The van der Waals surface area contributed by atoms with Crippen molar-refractivity contribution < 1.29 is 23.8 Å². The van der Waals surface area contributed by atoms with Crippen LogP contribution in [0.3, 0.4) is 0 Å². The number of para-hydroxylation sites is 1. The SMILES string of the molecule is COc1cc(F)ccc1C(=O)CC1(O)C(=O)Nc2ccccc21. The van der Waals surface area contributed by atoms with E-state index >= 15 is 0 Å². The summed E-state index contributed by atoms with van der Waals surface area (Å²) in [6.45, 7) is 0. The van der Waals surface area contributed by atoms with E-state index in [0.29, 0.717) is 11.3 Å². The first-order valence-electron chi connectivity index (χ1n) is 6.96. The maximum absolute atomic E-state index is 13.2. The van der Waals surface area contributed by atoms with Crippen LogP contribution in [0.15, 0.2) is 42.5 Å². The highest BCUT2D eigenvalue weighted by Crippen LogP contribution is 2.39. The number of hydrogen-bond acceptors (Lipinski definition) is 4. The fourth-order valence-electron chi connectivity index (χ4n) is 2.70. The molecule has 118 valence electrons. The van der Waals surface area contributed by atoms with E-state index < -0.39 is 29.5 Å². The van der Waals surface area contributed by atoms with Crippen LogP contribution in [0.2, 0.25) is 0 Å². The van der Waals surface area contributed by atoms with Crippen molar-refractivity contribution in [2.24, 2.45) is 0 Å². The highest BCUT2D eigenvalue weighted by atomic mass is 19.1. The van der Waals surface area contributed by atoms with Gasteiger partial charge in [0, 0.05) is 17.3 Å². The van der Waals surface area contributed by atoms with Crippen molar-refractivity contribution in [2.45, 2.75) is 12.0 Å². The van der Waals surface area contributed by atoms with Crippen molar-refractivity contribution >= 4 is 17.4 Å². The van der Waals surface area contributed by atoms with Gasteiger partial charge in [0.05, 0.1) is 19.1 Å². The van der Waals surface area contributed by atoms with Crippen molar-refractivity contribution in [1.82, 2.24) is 0 Å². The van der Waals surface area contributed by atoms with Gasteiger partial charge in [-0.1, -0.05) is 18.2 Å². The number of Topliss-reactive ketones (excluding diaryl/α,β-unsaturated/α-hetero) is 1. The number of anilines is 1. The Morgan fingerprint density at radius 1 is 1.30 bits per heavy atom. The number of amides is 1. The number of nitrogens with one attached hydrogen (secondary N) is 1. The lowest BCUT2D eigenvalue weighted by Crippen LogP contribution is -2.36. The average Bonchev–Trinajstić information content (AvgIpc) is 2.78. The fraction of sp³-hybridized carbons (Fsp3) is 0.176. The molecule has 1 heterocycles. The molecule has 2 aromatic carbocycles. The third kappa shape index (κ3) is 2.47. The van der Waals surface area contributed by atoms with Crippen LogP contribution >= 0.6 is 0 Å². The number of carbonyl (C=O) groups excluding carboxylic acids is 2. The molecular weight excluding hydrogens is 301 g/mol. The van der Waals surface area contributed by atoms with Crippen LogP contribution < -0.4 is 10.1 Å². The van der Waals surface area contributed by atoms with E-state index in [-0.39, 0.29) is 11.3 Å². The van der Waals surface area contributed by atoms with E-state index in [1.165, 1.54) is 13.2 Å². The van der Waals surface area contributed by atoms with Crippen LogP contribution in [-0.4, -0.2) is 23.9 Å². The number of fused-ring (bicyclic) bond motifs is 1. The van der Waals surface area contributed by atoms with Crippen LogP contribution in [0.5, 0.6) is 5.75 Å². The molecule has 0 aliphatic carbocycles. The molecule has 0 radical (unpaired) electrons. The zero-order chi connectivity index (χ0) is 16.6. The lowest BCUT2D eigenvalue weighted by molar-refractivity contribution is -0.133. The van der Waals surface area contributed by atoms with Crippen molar-refractivity contribution in [1.29, 1.82) is 0 Å². The van der Waals surface area contributed by atoms with Gasteiger partial charge in [-0.3, -0.25) is 9.59 Å². The van der Waals surface area contributed by atoms with E-state index in [9.17, 15) is 19.1 Å². The molecule has 23 heavy (non-hydrogen) atoms. The average molecular weight is 315 g/mol. The quantitative estimate of drug-likeness (QED) is 0.849. The maximum Gasteiger partial charge on any atom is 0.261 e. The van der Waals surface area contributed by atoms with Crippen LogP contribution in [0.4, 0.5) is 10.1 Å². The Balaban J connectivity index is 1.96. The Kier molecular flexibility index (Phi) is 3.61. The van der Waals surface area contributed by atoms with Crippen molar-refractivity contribution in [2.75, 3.05) is 12.4 Å². The number of rotatable bonds is 4. The maximum atomic E-state index is 13.2. The lowest BCUT2D eigenvalue weighted by atomic mass is 9.88. The van der Waals surface area contributed by atoms with E-state index in [2.05, 4.69) is 5.32 Å². The summed E-state index contributed by atoms with van der Waals surface area (Å²) in [5.41, 5.74) is -1.02. The van der Waals surface area contributed by atoms with E-state index in [1.807, 2.05) is 0 Å². The van der Waals surface area contributed by atoms with E-state index in [0.717, 1.165) is 12.1 Å². The number of hydrogen-bond donors (Lipinski definition) is 2. The molecule has 2 N–H and O–H groups in total. The van der Waals surface area contributed by atoms with Crippen molar-refractivity contribution in [3.8, 4) is 5.75 Å². The molecule has 6 heteroatoms. The van der Waals surface area contributed by atoms with E-state index in [4.69, 9.17) is 4.74 Å².